The first-order chi connectivity index (χ1) is 15.0. The fourth-order valence-corrected chi connectivity index (χ4v) is 7.84. The molecule has 32 heavy (non-hydrogen) atoms. The van der Waals surface area contributed by atoms with Gasteiger partial charge in [0.1, 0.15) is 18.0 Å². The third-order valence-corrected chi connectivity index (χ3v) is 9.14. The van der Waals surface area contributed by atoms with E-state index in [1.54, 1.807) is 0 Å². The topological polar surface area (TPSA) is 96.0 Å². The van der Waals surface area contributed by atoms with Crippen molar-refractivity contribution in [3.8, 4) is 0 Å². The normalized spacial score (nSPS) is 42.8. The van der Waals surface area contributed by atoms with Gasteiger partial charge in [-0.15, -0.1) is 0 Å². The molecule has 0 N–H and O–H groups in total. The summed E-state index contributed by atoms with van der Waals surface area (Å²) in [6.45, 7) is 6.88. The lowest BCUT2D eigenvalue weighted by molar-refractivity contribution is -0.171. The largest absolute Gasteiger partial charge is 0.465 e. The highest BCUT2D eigenvalue weighted by molar-refractivity contribution is 5.83. The Morgan fingerprint density at radius 2 is 1.59 bits per heavy atom. The van der Waals surface area contributed by atoms with Gasteiger partial charge in [0.25, 0.3) is 0 Å². The number of ether oxygens (including phenoxy) is 3. The molecule has 4 fully saturated rings. The molecule has 7 heteroatoms. The Kier molecular flexibility index (Phi) is 6.14. The van der Waals surface area contributed by atoms with Crippen LogP contribution in [-0.2, 0) is 33.4 Å². The number of carbonyl (C=O) groups excluding carboxylic acids is 4. The van der Waals surface area contributed by atoms with Gasteiger partial charge in [0.15, 0.2) is 0 Å². The molecule has 0 aliphatic heterocycles. The second kappa shape index (κ2) is 8.45. The maximum Gasteiger partial charge on any atom is 0.302 e. The Morgan fingerprint density at radius 3 is 2.25 bits per heavy atom. The van der Waals surface area contributed by atoms with Gasteiger partial charge in [-0.2, -0.15) is 0 Å². The van der Waals surface area contributed by atoms with E-state index < -0.39 is 0 Å². The fraction of sp³-hybridized carbons (Fsp3) is 0.840. The summed E-state index contributed by atoms with van der Waals surface area (Å²) in [5.41, 5.74) is -0.275. The Balaban J connectivity index is 1.60. The van der Waals surface area contributed by atoms with Crippen LogP contribution in [0.2, 0.25) is 0 Å². The van der Waals surface area contributed by atoms with Gasteiger partial charge >= 0.3 is 17.9 Å². The van der Waals surface area contributed by atoms with E-state index in [0.29, 0.717) is 19.3 Å². The first-order valence-electron chi connectivity index (χ1n) is 12.0. The van der Waals surface area contributed by atoms with Crippen molar-refractivity contribution in [2.45, 2.75) is 91.3 Å². The van der Waals surface area contributed by atoms with Crippen molar-refractivity contribution in [3.05, 3.63) is 0 Å². The Bertz CT molecular complexity index is 806. The molecule has 8 atom stereocenters. The van der Waals surface area contributed by atoms with Gasteiger partial charge in [-0.25, -0.2) is 0 Å². The van der Waals surface area contributed by atoms with E-state index in [1.165, 1.54) is 20.8 Å². The summed E-state index contributed by atoms with van der Waals surface area (Å²) in [4.78, 5) is 48.3. The number of Topliss-reactive ketones (excluding diaryl/α,β-unsaturated/α-hetero) is 1. The van der Waals surface area contributed by atoms with Crippen LogP contribution < -0.4 is 0 Å². The van der Waals surface area contributed by atoms with Crippen molar-refractivity contribution in [2.75, 3.05) is 6.61 Å². The minimum absolute atomic E-state index is 0.0301. The number of fused-ring (bicyclic) bond motifs is 5. The number of rotatable bonds is 4. The smallest absolute Gasteiger partial charge is 0.302 e. The molecule has 0 aromatic heterocycles. The lowest BCUT2D eigenvalue weighted by Crippen LogP contribution is -2.57. The van der Waals surface area contributed by atoms with Crippen LogP contribution in [-0.4, -0.2) is 42.5 Å². The molecule has 4 rings (SSSR count). The monoisotopic (exact) mass is 448 g/mol. The minimum Gasteiger partial charge on any atom is -0.465 e. The standard InChI is InChI=1S/C25H36O7/c1-14(26)30-13-25-8-6-20-23(21(25)11-19(12-25)32-16(3)28)22(29)10-17-9-18(31-15(2)27)5-7-24(17,20)4/h17-21,23H,5-13H2,1-4H3/t17-,18-,19-,20+,21+,23-,24+,25-/m1/s1. The highest BCUT2D eigenvalue weighted by Crippen LogP contribution is 2.65. The van der Waals surface area contributed by atoms with Crippen LogP contribution in [0.3, 0.4) is 0 Å². The average molecular weight is 449 g/mol. The summed E-state index contributed by atoms with van der Waals surface area (Å²) in [7, 11) is 0. The predicted octanol–water partition coefficient (Wildman–Crippen LogP) is 3.61. The molecule has 0 radical (unpaired) electrons. The number of hydrogen-bond donors (Lipinski definition) is 0. The van der Waals surface area contributed by atoms with Crippen LogP contribution in [0.15, 0.2) is 0 Å². The van der Waals surface area contributed by atoms with Gasteiger partial charge in [0.2, 0.25) is 0 Å². The molecule has 0 spiro atoms. The molecule has 0 aromatic rings. The van der Waals surface area contributed by atoms with Crippen LogP contribution in [0, 0.1) is 34.5 Å². The van der Waals surface area contributed by atoms with Crippen molar-refractivity contribution >= 4 is 23.7 Å². The minimum atomic E-state index is -0.318. The van der Waals surface area contributed by atoms with Gasteiger partial charge in [-0.3, -0.25) is 19.2 Å². The van der Waals surface area contributed by atoms with E-state index in [4.69, 9.17) is 14.2 Å². The number of carbonyl (C=O) groups is 4. The molecule has 4 aliphatic carbocycles. The number of hydrogen-bond acceptors (Lipinski definition) is 7. The molecule has 0 unspecified atom stereocenters. The van der Waals surface area contributed by atoms with E-state index in [0.717, 1.165) is 32.1 Å². The molecule has 0 saturated heterocycles. The summed E-state index contributed by atoms with van der Waals surface area (Å²) in [6, 6.07) is 0. The first kappa shape index (κ1) is 23.2. The molecule has 0 amide bonds. The third-order valence-electron chi connectivity index (χ3n) is 9.14. The van der Waals surface area contributed by atoms with Crippen LogP contribution >= 0.6 is 0 Å². The zero-order valence-corrected chi connectivity index (χ0v) is 19.7. The van der Waals surface area contributed by atoms with Crippen LogP contribution in [0.4, 0.5) is 0 Å². The summed E-state index contributed by atoms with van der Waals surface area (Å²) >= 11 is 0. The average Bonchev–Trinajstić information content (AvgIpc) is 3.05. The van der Waals surface area contributed by atoms with Crippen molar-refractivity contribution < 1.29 is 33.4 Å². The Morgan fingerprint density at radius 1 is 0.906 bits per heavy atom. The second-order valence-electron chi connectivity index (χ2n) is 11.0. The highest BCUT2D eigenvalue weighted by atomic mass is 16.5. The maximum atomic E-state index is 13.6. The fourth-order valence-electron chi connectivity index (χ4n) is 7.84. The van der Waals surface area contributed by atoms with E-state index in [1.807, 2.05) is 0 Å². The molecule has 178 valence electrons. The van der Waals surface area contributed by atoms with E-state index in [9.17, 15) is 19.2 Å². The van der Waals surface area contributed by atoms with Gasteiger partial charge in [0, 0.05) is 38.5 Å². The molecule has 7 nitrogen and oxygen atoms in total. The zero-order chi connectivity index (χ0) is 23.3. The van der Waals surface area contributed by atoms with Crippen LogP contribution in [0.1, 0.15) is 79.1 Å². The SMILES string of the molecule is CC(=O)OC[C@]12CC[C@H]3[C@@H](C(=O)C[C@H]4C[C@H](OC(C)=O)CC[C@@]43C)[C@@H]1C[C@@H](OC(C)=O)C2. The second-order valence-corrected chi connectivity index (χ2v) is 11.0. The van der Waals surface area contributed by atoms with Crippen molar-refractivity contribution in [1.29, 1.82) is 0 Å². The summed E-state index contributed by atoms with van der Waals surface area (Å²) < 4.78 is 16.6. The van der Waals surface area contributed by atoms with E-state index in [-0.39, 0.29) is 77.0 Å². The molecular weight excluding hydrogens is 412 g/mol. The summed E-state index contributed by atoms with van der Waals surface area (Å²) in [5.74, 6) is -0.150. The van der Waals surface area contributed by atoms with Gasteiger partial charge in [-0.1, -0.05) is 6.92 Å². The predicted molar refractivity (Wildman–Crippen MR) is 114 cm³/mol. The van der Waals surface area contributed by atoms with Gasteiger partial charge in [-0.05, 0) is 68.1 Å². The molecule has 0 heterocycles. The molecule has 0 aromatic carbocycles. The molecule has 4 aliphatic rings. The maximum absolute atomic E-state index is 13.6. The third kappa shape index (κ3) is 4.08. The lowest BCUT2D eigenvalue weighted by atomic mass is 9.45. The van der Waals surface area contributed by atoms with Crippen LogP contribution in [0.25, 0.3) is 0 Å². The molecule has 0 bridgehead atoms. The summed E-state index contributed by atoms with van der Waals surface area (Å²) in [5, 5.41) is 0. The van der Waals surface area contributed by atoms with Gasteiger partial charge in [0.05, 0.1) is 6.61 Å². The van der Waals surface area contributed by atoms with Crippen molar-refractivity contribution in [3.63, 3.8) is 0 Å². The van der Waals surface area contributed by atoms with Crippen LogP contribution in [0.5, 0.6) is 0 Å². The quantitative estimate of drug-likeness (QED) is 0.479. The lowest BCUT2D eigenvalue weighted by Gasteiger charge is -2.59. The van der Waals surface area contributed by atoms with E-state index >= 15 is 0 Å². The van der Waals surface area contributed by atoms with Crippen molar-refractivity contribution in [2.24, 2.45) is 34.5 Å². The molecular formula is C25H36O7. The Labute approximate surface area is 189 Å². The molecule has 4 saturated carbocycles. The van der Waals surface area contributed by atoms with E-state index in [2.05, 4.69) is 6.92 Å². The number of ketones is 1. The summed E-state index contributed by atoms with van der Waals surface area (Å²) in [6.07, 6.45) is 5.80. The first-order valence-corrected chi connectivity index (χ1v) is 12.0. The highest BCUT2D eigenvalue weighted by Gasteiger charge is 2.64. The Hall–Kier alpha value is -1.92. The number of esters is 3. The van der Waals surface area contributed by atoms with Crippen molar-refractivity contribution in [1.82, 2.24) is 0 Å². The van der Waals surface area contributed by atoms with Gasteiger partial charge < -0.3 is 14.2 Å². The zero-order valence-electron chi connectivity index (χ0n) is 19.7.